The largest absolute Gasteiger partial charge is 0.481 e. The van der Waals surface area contributed by atoms with Crippen molar-refractivity contribution in [3.63, 3.8) is 0 Å². The van der Waals surface area contributed by atoms with E-state index in [-0.39, 0.29) is 57.5 Å². The molecule has 0 saturated carbocycles. The molecule has 0 aromatic carbocycles. The molecular formula is C39H49N5O7. The van der Waals surface area contributed by atoms with Crippen LogP contribution < -0.4 is 5.32 Å². The van der Waals surface area contributed by atoms with Crippen molar-refractivity contribution in [2.45, 2.75) is 85.5 Å². The number of amides is 1. The van der Waals surface area contributed by atoms with Crippen molar-refractivity contribution in [3.05, 3.63) is 68.8 Å². The number of aliphatic hydroxyl groups is 1. The number of aromatic nitrogens is 4. The number of carbonyl (C=O) groups excluding carboxylic acids is 2. The van der Waals surface area contributed by atoms with Gasteiger partial charge in [-0.2, -0.15) is 0 Å². The molecule has 2 unspecified atom stereocenters. The van der Waals surface area contributed by atoms with E-state index in [2.05, 4.69) is 49.0 Å². The number of H-pyrrole nitrogens is 2. The smallest absolute Gasteiger partial charge is 0.310 e. The number of ether oxygens (including phenoxy) is 2. The number of aliphatic carboxylic acids is 1. The number of carbonyl (C=O) groups is 3. The highest BCUT2D eigenvalue weighted by Crippen LogP contribution is 2.43. The van der Waals surface area contributed by atoms with Crippen LogP contribution >= 0.6 is 0 Å². The minimum absolute atomic E-state index is 0.102. The van der Waals surface area contributed by atoms with Crippen LogP contribution in [0.1, 0.15) is 103 Å². The average molecular weight is 700 g/mol. The van der Waals surface area contributed by atoms with Crippen LogP contribution in [0.15, 0.2) is 18.2 Å². The zero-order chi connectivity index (χ0) is 37.0. The molecule has 5 heterocycles. The second-order valence-electron chi connectivity index (χ2n) is 13.2. The first-order valence-corrected chi connectivity index (χ1v) is 17.7. The molecule has 3 aromatic rings. The second kappa shape index (κ2) is 16.0. The van der Waals surface area contributed by atoms with Gasteiger partial charge in [0.05, 0.1) is 56.0 Å². The standard InChI is InChI=1S/C39H49N5O7/c1-8-24-20(3)28-17-30-22(5)26(10-11-34(46)47)37(43-30)27(16-35(48)50-7)38-36(39(49)40-12-14-51-15-13-45)23(6)31(44-38)19-33-25(9-2)21(4)29(42-33)18-32(24)41-28/h17-19,22,26,41-42,45H,8-16H2,1-7H3,(H,40,49)(H,46,47). The molecule has 2 atom stereocenters. The number of hydrogen-bond acceptors (Lipinski definition) is 8. The first-order valence-electron chi connectivity index (χ1n) is 17.7. The molecule has 5 N–H and O–H groups in total. The Kier molecular flexibility index (Phi) is 11.8. The molecule has 2 aliphatic heterocycles. The molecule has 2 aliphatic rings. The third kappa shape index (κ3) is 7.62. The second-order valence-corrected chi connectivity index (χ2v) is 13.2. The summed E-state index contributed by atoms with van der Waals surface area (Å²) in [5.41, 5.74) is 11.7. The Balaban J connectivity index is 1.93. The lowest BCUT2D eigenvalue weighted by Gasteiger charge is -2.18. The van der Waals surface area contributed by atoms with Crippen LogP contribution in [-0.2, 0) is 43.1 Å². The lowest BCUT2D eigenvalue weighted by Crippen LogP contribution is -2.29. The summed E-state index contributed by atoms with van der Waals surface area (Å²) < 4.78 is 10.5. The molecule has 12 nitrogen and oxygen atoms in total. The third-order valence-electron chi connectivity index (χ3n) is 10.2. The summed E-state index contributed by atoms with van der Waals surface area (Å²) >= 11 is 0. The van der Waals surface area contributed by atoms with E-state index in [4.69, 9.17) is 24.5 Å². The molecule has 0 spiro atoms. The maximum absolute atomic E-state index is 14.0. The number of allylic oxidation sites excluding steroid dienone is 1. The fourth-order valence-corrected chi connectivity index (χ4v) is 7.33. The number of nitrogens with zero attached hydrogens (tertiary/aromatic N) is 2. The quantitative estimate of drug-likeness (QED) is 0.112. The van der Waals surface area contributed by atoms with Crippen LogP contribution in [0.2, 0.25) is 0 Å². The fraction of sp³-hybridized carbons (Fsp3) is 0.462. The number of carboxylic acids is 1. The molecule has 1 amide bonds. The van der Waals surface area contributed by atoms with Crippen molar-refractivity contribution >= 4 is 51.1 Å². The number of aliphatic hydroxyl groups excluding tert-OH is 1. The molecule has 51 heavy (non-hydrogen) atoms. The Morgan fingerprint density at radius 2 is 1.55 bits per heavy atom. The summed E-state index contributed by atoms with van der Waals surface area (Å²) in [7, 11) is 1.30. The van der Waals surface area contributed by atoms with Crippen LogP contribution in [0.4, 0.5) is 0 Å². The molecule has 0 radical (unpaired) electrons. The number of aromatic amines is 2. The molecule has 5 rings (SSSR count). The maximum atomic E-state index is 14.0. The van der Waals surface area contributed by atoms with E-state index in [1.165, 1.54) is 12.7 Å². The van der Waals surface area contributed by atoms with Gasteiger partial charge >= 0.3 is 11.9 Å². The predicted molar refractivity (Wildman–Crippen MR) is 196 cm³/mol. The van der Waals surface area contributed by atoms with Gasteiger partial charge in [0.25, 0.3) is 5.91 Å². The van der Waals surface area contributed by atoms with E-state index in [1.54, 1.807) is 0 Å². The third-order valence-corrected chi connectivity index (χ3v) is 10.2. The summed E-state index contributed by atoms with van der Waals surface area (Å²) in [4.78, 5) is 56.5. The number of aryl methyl sites for hydroxylation is 4. The summed E-state index contributed by atoms with van der Waals surface area (Å²) in [6.45, 7) is 12.7. The van der Waals surface area contributed by atoms with Gasteiger partial charge in [0.2, 0.25) is 0 Å². The predicted octanol–water partition coefficient (Wildman–Crippen LogP) is 5.58. The first-order chi connectivity index (χ1) is 24.4. The Hall–Kier alpha value is -4.81. The maximum Gasteiger partial charge on any atom is 0.310 e. The summed E-state index contributed by atoms with van der Waals surface area (Å²) in [5, 5.41) is 21.7. The van der Waals surface area contributed by atoms with Gasteiger partial charge < -0.3 is 35.0 Å². The Bertz CT molecular complexity index is 2040. The van der Waals surface area contributed by atoms with Crippen molar-refractivity contribution in [1.82, 2.24) is 25.3 Å². The number of fused-ring (bicyclic) bond motifs is 8. The number of esters is 1. The highest BCUT2D eigenvalue weighted by Gasteiger charge is 2.35. The lowest BCUT2D eigenvalue weighted by atomic mass is 9.84. The van der Waals surface area contributed by atoms with Crippen LogP contribution in [0.3, 0.4) is 0 Å². The van der Waals surface area contributed by atoms with Crippen LogP contribution in [0.25, 0.3) is 33.2 Å². The van der Waals surface area contributed by atoms with Gasteiger partial charge in [-0.05, 0) is 86.1 Å². The van der Waals surface area contributed by atoms with Gasteiger partial charge in [-0.1, -0.05) is 20.8 Å². The number of nitrogens with one attached hydrogen (secondary N) is 3. The van der Waals surface area contributed by atoms with Gasteiger partial charge in [-0.25, -0.2) is 4.98 Å². The molecule has 0 saturated heterocycles. The number of rotatable bonds is 13. The van der Waals surface area contributed by atoms with Crippen molar-refractivity contribution in [2.24, 2.45) is 0 Å². The zero-order valence-corrected chi connectivity index (χ0v) is 30.6. The van der Waals surface area contributed by atoms with Gasteiger partial charge in [0, 0.05) is 58.1 Å². The van der Waals surface area contributed by atoms with E-state index in [0.717, 1.165) is 57.3 Å². The van der Waals surface area contributed by atoms with Crippen LogP contribution in [-0.4, -0.2) is 81.5 Å². The number of carboxylic acid groups (broad SMARTS) is 1. The normalized spacial score (nSPS) is 15.7. The molecule has 272 valence electrons. The minimum atomic E-state index is -0.935. The minimum Gasteiger partial charge on any atom is -0.481 e. The Labute approximate surface area is 297 Å². The molecule has 8 bridgehead atoms. The first kappa shape index (κ1) is 37.4. The van der Waals surface area contributed by atoms with Gasteiger partial charge in [-0.15, -0.1) is 0 Å². The molecule has 3 aromatic heterocycles. The molecule has 0 aliphatic carbocycles. The monoisotopic (exact) mass is 699 g/mol. The highest BCUT2D eigenvalue weighted by atomic mass is 16.5. The topological polar surface area (TPSA) is 180 Å². The Morgan fingerprint density at radius 3 is 2.16 bits per heavy atom. The number of methoxy groups -OCH3 is 1. The van der Waals surface area contributed by atoms with Crippen LogP contribution in [0, 0.1) is 13.8 Å². The van der Waals surface area contributed by atoms with E-state index in [1.807, 2.05) is 26.0 Å². The van der Waals surface area contributed by atoms with Crippen molar-refractivity contribution in [1.29, 1.82) is 0 Å². The van der Waals surface area contributed by atoms with Gasteiger partial charge in [0.1, 0.15) is 0 Å². The van der Waals surface area contributed by atoms with Gasteiger partial charge in [0.15, 0.2) is 0 Å². The molecule has 12 heteroatoms. The van der Waals surface area contributed by atoms with Gasteiger partial charge in [-0.3, -0.25) is 19.4 Å². The van der Waals surface area contributed by atoms with E-state index >= 15 is 0 Å². The lowest BCUT2D eigenvalue weighted by molar-refractivity contribution is -0.140. The summed E-state index contributed by atoms with van der Waals surface area (Å²) in [6, 6.07) is 6.11. The highest BCUT2D eigenvalue weighted by molar-refractivity contribution is 6.27. The molecule has 0 fully saturated rings. The van der Waals surface area contributed by atoms with E-state index in [0.29, 0.717) is 33.8 Å². The summed E-state index contributed by atoms with van der Waals surface area (Å²) in [5.74, 6) is -2.45. The summed E-state index contributed by atoms with van der Waals surface area (Å²) in [6.07, 6.45) is 1.52. The van der Waals surface area contributed by atoms with E-state index in [9.17, 15) is 19.5 Å². The average Bonchev–Trinajstić information content (AvgIpc) is 3.78. The number of hydrogen-bond donors (Lipinski definition) is 5. The molecular weight excluding hydrogens is 650 g/mol. The zero-order valence-electron chi connectivity index (χ0n) is 30.6. The van der Waals surface area contributed by atoms with Crippen LogP contribution in [0.5, 0.6) is 0 Å². The SMILES string of the molecule is CCc1c(C)c2cc3[nH]c(cc4nc(c(CC(=O)OC)c5nc(cc1[nH]2)C(C)=C5C(=O)NCCOCCO)C(CCC(=O)O)C4C)c(C)c3CC. The van der Waals surface area contributed by atoms with Crippen molar-refractivity contribution < 1.29 is 34.1 Å². The van der Waals surface area contributed by atoms with Crippen molar-refractivity contribution in [2.75, 3.05) is 33.5 Å². The Morgan fingerprint density at radius 1 is 0.902 bits per heavy atom. The fourth-order valence-electron chi connectivity index (χ4n) is 7.33. The van der Waals surface area contributed by atoms with E-state index < -0.39 is 17.8 Å². The van der Waals surface area contributed by atoms with Crippen molar-refractivity contribution in [3.8, 4) is 0 Å².